The van der Waals surface area contributed by atoms with Gasteiger partial charge in [-0.3, -0.25) is 0 Å². The van der Waals surface area contributed by atoms with E-state index >= 15 is 0 Å². The molecule has 0 saturated heterocycles. The Labute approximate surface area is 200 Å². The lowest BCUT2D eigenvalue weighted by Gasteiger charge is -2.31. The molecule has 33 heavy (non-hydrogen) atoms. The van der Waals surface area contributed by atoms with Crippen molar-refractivity contribution >= 4 is 35.1 Å². The van der Waals surface area contributed by atoms with E-state index in [0.29, 0.717) is 22.8 Å². The van der Waals surface area contributed by atoms with Crippen molar-refractivity contribution in [3.05, 3.63) is 62.2 Å². The van der Waals surface area contributed by atoms with Gasteiger partial charge in [0, 0.05) is 12.7 Å². The molecule has 10 nitrogen and oxygen atoms in total. The van der Waals surface area contributed by atoms with Crippen LogP contribution in [-0.4, -0.2) is 52.5 Å². The molecular weight excluding hydrogens is 473 g/mol. The van der Waals surface area contributed by atoms with E-state index in [4.69, 9.17) is 37.4 Å². The number of ether oxygens (including phenoxy) is 3. The summed E-state index contributed by atoms with van der Waals surface area (Å²) in [4.78, 5) is 25.9. The molecule has 0 fully saturated rings. The van der Waals surface area contributed by atoms with Crippen molar-refractivity contribution in [2.75, 3.05) is 20.3 Å². The zero-order valence-corrected chi connectivity index (χ0v) is 20.0. The van der Waals surface area contributed by atoms with Gasteiger partial charge in [-0.25, -0.2) is 14.3 Å². The van der Waals surface area contributed by atoms with Gasteiger partial charge < -0.3 is 19.5 Å². The van der Waals surface area contributed by atoms with Crippen LogP contribution in [-0.2, 0) is 37.5 Å². The summed E-state index contributed by atoms with van der Waals surface area (Å²) in [5.41, 5.74) is 1.74. The van der Waals surface area contributed by atoms with Crippen molar-refractivity contribution in [1.82, 2.24) is 25.5 Å². The minimum absolute atomic E-state index is 0.0124. The predicted molar refractivity (Wildman–Crippen MR) is 119 cm³/mol. The fourth-order valence-corrected chi connectivity index (χ4v) is 3.93. The average molecular weight is 496 g/mol. The van der Waals surface area contributed by atoms with Gasteiger partial charge in [0.05, 0.1) is 53.1 Å². The van der Waals surface area contributed by atoms with E-state index in [-0.39, 0.29) is 41.0 Å². The molecule has 176 valence electrons. The lowest BCUT2D eigenvalue weighted by atomic mass is 9.80. The summed E-state index contributed by atoms with van der Waals surface area (Å²) in [6.07, 6.45) is 0. The van der Waals surface area contributed by atoms with Crippen molar-refractivity contribution < 1.29 is 23.8 Å². The molecule has 12 heteroatoms. The van der Waals surface area contributed by atoms with Crippen LogP contribution in [0.1, 0.15) is 31.2 Å². The van der Waals surface area contributed by atoms with Crippen molar-refractivity contribution in [2.45, 2.75) is 26.4 Å². The third-order valence-corrected chi connectivity index (χ3v) is 5.86. The van der Waals surface area contributed by atoms with Crippen LogP contribution in [0.25, 0.3) is 0 Å². The number of halogens is 2. The number of nitrogens with one attached hydrogen (secondary N) is 1. The molecular formula is C21H23Cl2N5O5. The third-order valence-electron chi connectivity index (χ3n) is 5.02. The number of aryl methyl sites for hydroxylation is 1. The number of carbonyl (C=O) groups excluding carboxylic acids is 2. The van der Waals surface area contributed by atoms with E-state index in [2.05, 4.69) is 20.8 Å². The van der Waals surface area contributed by atoms with Crippen LogP contribution in [0.5, 0.6) is 0 Å². The molecule has 0 saturated carbocycles. The molecule has 1 aliphatic rings. The molecule has 0 bridgehead atoms. The van der Waals surface area contributed by atoms with Gasteiger partial charge >= 0.3 is 11.9 Å². The van der Waals surface area contributed by atoms with Crippen LogP contribution in [0.4, 0.5) is 0 Å². The molecule has 1 aromatic heterocycles. The number of allylic oxidation sites excluding steroid dienone is 1. The monoisotopic (exact) mass is 495 g/mol. The molecule has 1 aliphatic heterocycles. The lowest BCUT2D eigenvalue weighted by Crippen LogP contribution is -2.34. The largest absolute Gasteiger partial charge is 0.466 e. The number of benzene rings is 1. The zero-order valence-electron chi connectivity index (χ0n) is 18.5. The van der Waals surface area contributed by atoms with Gasteiger partial charge in [0.25, 0.3) is 0 Å². The highest BCUT2D eigenvalue weighted by atomic mass is 35.5. The van der Waals surface area contributed by atoms with Crippen molar-refractivity contribution in [3.8, 4) is 0 Å². The maximum absolute atomic E-state index is 13.1. The molecule has 2 aromatic rings. The van der Waals surface area contributed by atoms with Crippen LogP contribution >= 0.6 is 23.2 Å². The van der Waals surface area contributed by atoms with Gasteiger partial charge in [-0.15, -0.1) is 5.10 Å². The summed E-state index contributed by atoms with van der Waals surface area (Å²) in [5, 5.41) is 14.8. The summed E-state index contributed by atoms with van der Waals surface area (Å²) in [6.45, 7) is 3.61. The van der Waals surface area contributed by atoms with Crippen LogP contribution in [0.2, 0.25) is 10.0 Å². The Balaban J connectivity index is 2.10. The second-order valence-electron chi connectivity index (χ2n) is 7.06. The van der Waals surface area contributed by atoms with Crippen LogP contribution in [0.3, 0.4) is 0 Å². The third kappa shape index (κ3) is 5.18. The normalized spacial score (nSPS) is 16.0. The van der Waals surface area contributed by atoms with E-state index in [1.54, 1.807) is 39.1 Å². The summed E-state index contributed by atoms with van der Waals surface area (Å²) in [5.74, 6) is -1.63. The van der Waals surface area contributed by atoms with Crippen molar-refractivity contribution in [1.29, 1.82) is 0 Å². The van der Waals surface area contributed by atoms with Gasteiger partial charge in [0.2, 0.25) is 0 Å². The first-order chi connectivity index (χ1) is 15.8. The van der Waals surface area contributed by atoms with Crippen molar-refractivity contribution in [2.24, 2.45) is 7.05 Å². The van der Waals surface area contributed by atoms with Crippen molar-refractivity contribution in [3.63, 3.8) is 0 Å². The number of hydrogen-bond acceptors (Lipinski definition) is 9. The Bertz CT molecular complexity index is 1130. The number of aromatic nitrogens is 4. The molecule has 1 aromatic carbocycles. The fourth-order valence-electron chi connectivity index (χ4n) is 3.51. The molecule has 0 radical (unpaired) electrons. The number of carbonyl (C=O) groups is 2. The van der Waals surface area contributed by atoms with Gasteiger partial charge in [-0.05, 0) is 35.9 Å². The van der Waals surface area contributed by atoms with Gasteiger partial charge in [0.1, 0.15) is 6.61 Å². The number of methoxy groups -OCH3 is 1. The van der Waals surface area contributed by atoms with E-state index in [0.717, 1.165) is 0 Å². The lowest BCUT2D eigenvalue weighted by molar-refractivity contribution is -0.139. The standard InChI is InChI=1S/C21H23Cl2N5O5/c1-5-33-21(30)18-14(9-32-10-15-25-26-27-28(15)3)24-11(2)16(20(29)31-4)17(18)12-7-6-8-13(22)19(12)23/h6-8,17,24H,5,9-10H2,1-4H3. The minimum Gasteiger partial charge on any atom is -0.466 e. The molecule has 2 heterocycles. The first-order valence-corrected chi connectivity index (χ1v) is 10.7. The topological polar surface area (TPSA) is 117 Å². The Morgan fingerprint density at radius 1 is 1.18 bits per heavy atom. The maximum Gasteiger partial charge on any atom is 0.336 e. The highest BCUT2D eigenvalue weighted by Crippen LogP contribution is 2.43. The second kappa shape index (κ2) is 10.8. The number of esters is 2. The highest BCUT2D eigenvalue weighted by Gasteiger charge is 2.40. The molecule has 0 aliphatic carbocycles. The van der Waals surface area contributed by atoms with Gasteiger partial charge in [-0.1, -0.05) is 35.3 Å². The Hall–Kier alpha value is -2.95. The van der Waals surface area contributed by atoms with E-state index < -0.39 is 17.9 Å². The molecule has 0 amide bonds. The smallest absolute Gasteiger partial charge is 0.336 e. The summed E-state index contributed by atoms with van der Waals surface area (Å²) >= 11 is 12.8. The Morgan fingerprint density at radius 3 is 2.58 bits per heavy atom. The Morgan fingerprint density at radius 2 is 1.94 bits per heavy atom. The van der Waals surface area contributed by atoms with E-state index in [1.807, 2.05) is 0 Å². The van der Waals surface area contributed by atoms with Crippen LogP contribution in [0.15, 0.2) is 40.7 Å². The van der Waals surface area contributed by atoms with E-state index in [9.17, 15) is 9.59 Å². The summed E-state index contributed by atoms with van der Waals surface area (Å²) in [6, 6.07) is 5.01. The van der Waals surface area contributed by atoms with Crippen LogP contribution in [0, 0.1) is 0 Å². The van der Waals surface area contributed by atoms with Gasteiger partial charge in [0.15, 0.2) is 5.82 Å². The quantitative estimate of drug-likeness (QED) is 0.551. The molecule has 1 unspecified atom stereocenters. The van der Waals surface area contributed by atoms with Gasteiger partial charge in [-0.2, -0.15) is 0 Å². The number of dihydropyridines is 1. The number of tetrazole rings is 1. The number of hydrogen-bond donors (Lipinski definition) is 1. The second-order valence-corrected chi connectivity index (χ2v) is 7.84. The summed E-state index contributed by atoms with van der Waals surface area (Å²) in [7, 11) is 2.95. The maximum atomic E-state index is 13.1. The predicted octanol–water partition coefficient (Wildman–Crippen LogP) is 2.68. The first-order valence-electron chi connectivity index (χ1n) is 9.99. The van der Waals surface area contributed by atoms with Crippen LogP contribution < -0.4 is 5.32 Å². The number of nitrogens with zero attached hydrogens (tertiary/aromatic N) is 4. The SMILES string of the molecule is CCOC(=O)C1=C(COCc2nnnn2C)NC(C)=C(C(=O)OC)C1c1cccc(Cl)c1Cl. The highest BCUT2D eigenvalue weighted by molar-refractivity contribution is 6.42. The zero-order chi connectivity index (χ0) is 24.1. The Kier molecular flexibility index (Phi) is 8.06. The first kappa shape index (κ1) is 24.7. The number of rotatable bonds is 8. The minimum atomic E-state index is -0.890. The molecule has 0 spiro atoms. The molecule has 3 rings (SSSR count). The van der Waals surface area contributed by atoms with E-state index in [1.165, 1.54) is 11.8 Å². The molecule has 1 atom stereocenters. The fraction of sp³-hybridized carbons (Fsp3) is 0.381. The average Bonchev–Trinajstić information content (AvgIpc) is 3.19. The summed E-state index contributed by atoms with van der Waals surface area (Å²) < 4.78 is 17.6. The molecule has 1 N–H and O–H groups in total.